The third-order valence-corrected chi connectivity index (χ3v) is 6.35. The Bertz CT molecular complexity index is 1050. The molecule has 4 aromatic rings. The van der Waals surface area contributed by atoms with Crippen molar-refractivity contribution in [1.29, 1.82) is 0 Å². The molecule has 118 valence electrons. The van der Waals surface area contributed by atoms with Crippen LogP contribution in [0.5, 0.6) is 0 Å². The minimum atomic E-state index is 0.741. The smallest absolute Gasteiger partial charge is 0.0717 e. The lowest BCUT2D eigenvalue weighted by molar-refractivity contribution is 1.19. The summed E-state index contributed by atoms with van der Waals surface area (Å²) in [5, 5.41) is 2.88. The Balaban J connectivity index is 1.84. The van der Waals surface area contributed by atoms with Crippen molar-refractivity contribution in [3.8, 4) is 0 Å². The quantitative estimate of drug-likeness (QED) is 0.396. The summed E-state index contributed by atoms with van der Waals surface area (Å²) < 4.78 is 0. The molecule has 0 atom stereocenters. The second-order valence-electron chi connectivity index (χ2n) is 5.23. The molecule has 0 saturated carbocycles. The van der Waals surface area contributed by atoms with Gasteiger partial charge in [-0.3, -0.25) is 9.97 Å². The average molecular weight is 369 g/mol. The minimum Gasteiger partial charge on any atom is -0.255 e. The summed E-state index contributed by atoms with van der Waals surface area (Å²) in [5.74, 6) is 0. The fourth-order valence-electron chi connectivity index (χ4n) is 2.66. The number of para-hydroxylation sites is 2. The first-order valence-corrected chi connectivity index (χ1v) is 9.82. The molecule has 2 aromatic heterocycles. The van der Waals surface area contributed by atoms with Crippen molar-refractivity contribution < 1.29 is 0 Å². The summed E-state index contributed by atoms with van der Waals surface area (Å²) in [6.07, 6.45) is 5.85. The third-order valence-electron chi connectivity index (χ3n) is 3.80. The van der Waals surface area contributed by atoms with E-state index >= 15 is 0 Å². The molecule has 0 N–H and O–H groups in total. The van der Waals surface area contributed by atoms with Crippen LogP contribution in [0.2, 0.25) is 5.02 Å². The van der Waals surface area contributed by atoms with Gasteiger partial charge in [-0.05, 0) is 18.4 Å². The molecule has 0 aliphatic carbocycles. The van der Waals surface area contributed by atoms with Crippen molar-refractivity contribution in [3.63, 3.8) is 0 Å². The molecule has 5 heteroatoms. The van der Waals surface area contributed by atoms with Gasteiger partial charge in [-0.1, -0.05) is 59.8 Å². The van der Waals surface area contributed by atoms with Gasteiger partial charge in [0.15, 0.2) is 0 Å². The van der Waals surface area contributed by atoms with Crippen LogP contribution in [0, 0.1) is 0 Å². The molecular formula is C19H13ClN2S2. The van der Waals surface area contributed by atoms with Crippen LogP contribution in [0.3, 0.4) is 0 Å². The maximum atomic E-state index is 6.62. The molecule has 4 rings (SSSR count). The Labute approximate surface area is 153 Å². The normalized spacial score (nSPS) is 11.2. The molecular weight excluding hydrogens is 356 g/mol. The standard InChI is InChI=1S/C19H13ClN2S2/c1-23-19-13-7-3-5-9-15(13)22-11-17(19)24-16-10-21-14-8-4-2-6-12(14)18(16)20/h2-11H,1H3. The lowest BCUT2D eigenvalue weighted by atomic mass is 10.2. The molecule has 0 unspecified atom stereocenters. The lowest BCUT2D eigenvalue weighted by Crippen LogP contribution is -1.88. The van der Waals surface area contributed by atoms with E-state index in [2.05, 4.69) is 22.3 Å². The predicted molar refractivity (Wildman–Crippen MR) is 104 cm³/mol. The van der Waals surface area contributed by atoms with Gasteiger partial charge in [0.05, 0.1) is 16.1 Å². The Kier molecular flexibility index (Phi) is 4.35. The zero-order valence-corrected chi connectivity index (χ0v) is 15.3. The highest BCUT2D eigenvalue weighted by atomic mass is 35.5. The number of fused-ring (bicyclic) bond motifs is 2. The maximum Gasteiger partial charge on any atom is 0.0717 e. The topological polar surface area (TPSA) is 25.8 Å². The summed E-state index contributed by atoms with van der Waals surface area (Å²) in [6, 6.07) is 16.1. The zero-order valence-electron chi connectivity index (χ0n) is 12.9. The number of benzene rings is 2. The van der Waals surface area contributed by atoms with E-state index in [0.717, 1.165) is 31.2 Å². The summed E-state index contributed by atoms with van der Waals surface area (Å²) in [6.45, 7) is 0. The van der Waals surface area contributed by atoms with Crippen molar-refractivity contribution in [2.75, 3.05) is 6.26 Å². The molecule has 0 saturated heterocycles. The van der Waals surface area contributed by atoms with Gasteiger partial charge in [0, 0.05) is 37.9 Å². The predicted octanol–water partition coefficient (Wildman–Crippen LogP) is 6.31. The van der Waals surface area contributed by atoms with Gasteiger partial charge >= 0.3 is 0 Å². The van der Waals surface area contributed by atoms with Gasteiger partial charge in [0.2, 0.25) is 0 Å². The second kappa shape index (κ2) is 6.63. The molecule has 0 bridgehead atoms. The van der Waals surface area contributed by atoms with Gasteiger partial charge in [-0.2, -0.15) is 0 Å². The number of hydrogen-bond acceptors (Lipinski definition) is 4. The van der Waals surface area contributed by atoms with Crippen LogP contribution in [0.1, 0.15) is 0 Å². The molecule has 2 nitrogen and oxygen atoms in total. The van der Waals surface area contributed by atoms with E-state index in [1.165, 1.54) is 10.3 Å². The number of pyridine rings is 2. The van der Waals surface area contributed by atoms with Gasteiger partial charge < -0.3 is 0 Å². The highest BCUT2D eigenvalue weighted by Crippen LogP contribution is 2.41. The average Bonchev–Trinajstić information content (AvgIpc) is 2.64. The van der Waals surface area contributed by atoms with E-state index in [0.29, 0.717) is 0 Å². The lowest BCUT2D eigenvalue weighted by Gasteiger charge is -2.11. The molecule has 24 heavy (non-hydrogen) atoms. The molecule has 0 fully saturated rings. The Hall–Kier alpha value is -1.75. The van der Waals surface area contributed by atoms with Crippen molar-refractivity contribution in [2.45, 2.75) is 14.7 Å². The van der Waals surface area contributed by atoms with Crippen LogP contribution >= 0.6 is 35.1 Å². The SMILES string of the molecule is CSc1c(Sc2cnc3ccccc3c2Cl)cnc2ccccc12. The largest absolute Gasteiger partial charge is 0.255 e. The molecule has 2 heterocycles. The van der Waals surface area contributed by atoms with E-state index in [-0.39, 0.29) is 0 Å². The van der Waals surface area contributed by atoms with Gasteiger partial charge in [0.25, 0.3) is 0 Å². The Morgan fingerprint density at radius 2 is 1.38 bits per heavy atom. The van der Waals surface area contributed by atoms with E-state index in [1.807, 2.05) is 54.9 Å². The number of thioether (sulfide) groups is 1. The first kappa shape index (κ1) is 15.8. The van der Waals surface area contributed by atoms with Crippen molar-refractivity contribution in [2.24, 2.45) is 0 Å². The molecule has 2 aromatic carbocycles. The van der Waals surface area contributed by atoms with E-state index in [1.54, 1.807) is 23.5 Å². The van der Waals surface area contributed by atoms with Crippen LogP contribution in [0.4, 0.5) is 0 Å². The molecule has 0 amide bonds. The molecule has 0 spiro atoms. The van der Waals surface area contributed by atoms with Crippen molar-refractivity contribution in [3.05, 3.63) is 65.9 Å². The summed E-state index contributed by atoms with van der Waals surface area (Å²) in [4.78, 5) is 12.4. The highest BCUT2D eigenvalue weighted by molar-refractivity contribution is 8.02. The number of nitrogens with zero attached hydrogens (tertiary/aromatic N) is 2. The summed E-state index contributed by atoms with van der Waals surface area (Å²) >= 11 is 9.96. The monoisotopic (exact) mass is 368 g/mol. The van der Waals surface area contributed by atoms with Crippen LogP contribution < -0.4 is 0 Å². The Morgan fingerprint density at radius 3 is 2.08 bits per heavy atom. The summed E-state index contributed by atoms with van der Waals surface area (Å²) in [5.41, 5.74) is 1.92. The van der Waals surface area contributed by atoms with E-state index in [4.69, 9.17) is 11.6 Å². The molecule has 0 aliphatic rings. The summed E-state index contributed by atoms with van der Waals surface area (Å²) in [7, 11) is 0. The number of halogens is 1. The van der Waals surface area contributed by atoms with Crippen LogP contribution in [0.15, 0.2) is 75.6 Å². The van der Waals surface area contributed by atoms with Gasteiger partial charge in [-0.25, -0.2) is 0 Å². The highest BCUT2D eigenvalue weighted by Gasteiger charge is 2.13. The van der Waals surface area contributed by atoms with E-state index < -0.39 is 0 Å². The van der Waals surface area contributed by atoms with Crippen molar-refractivity contribution >= 4 is 56.9 Å². The third kappa shape index (κ3) is 2.75. The van der Waals surface area contributed by atoms with Gasteiger partial charge in [-0.15, -0.1) is 11.8 Å². The number of rotatable bonds is 3. The first-order chi connectivity index (χ1) is 11.8. The second-order valence-corrected chi connectivity index (χ2v) is 7.51. The van der Waals surface area contributed by atoms with Crippen molar-refractivity contribution in [1.82, 2.24) is 9.97 Å². The molecule has 0 aliphatic heterocycles. The fourth-order valence-corrected chi connectivity index (χ4v) is 4.86. The molecule has 0 radical (unpaired) electrons. The van der Waals surface area contributed by atoms with Crippen LogP contribution in [-0.2, 0) is 0 Å². The maximum absolute atomic E-state index is 6.62. The van der Waals surface area contributed by atoms with Crippen LogP contribution in [0.25, 0.3) is 21.8 Å². The zero-order chi connectivity index (χ0) is 16.5. The van der Waals surface area contributed by atoms with Gasteiger partial charge in [0.1, 0.15) is 0 Å². The minimum absolute atomic E-state index is 0.741. The number of hydrogen-bond donors (Lipinski definition) is 0. The first-order valence-electron chi connectivity index (χ1n) is 7.41. The van der Waals surface area contributed by atoms with Crippen LogP contribution in [-0.4, -0.2) is 16.2 Å². The fraction of sp³-hybridized carbons (Fsp3) is 0.0526. The number of aromatic nitrogens is 2. The Morgan fingerprint density at radius 1 is 0.792 bits per heavy atom. The van der Waals surface area contributed by atoms with E-state index in [9.17, 15) is 0 Å².